The van der Waals surface area contributed by atoms with Crippen molar-refractivity contribution in [2.45, 2.75) is 59.5 Å². The first-order valence-corrected chi connectivity index (χ1v) is 7.56. The fraction of sp³-hybridized carbons (Fsp3) is 0.800. The van der Waals surface area contributed by atoms with Crippen LogP contribution in [0, 0.1) is 0 Å². The summed E-state index contributed by atoms with van der Waals surface area (Å²) < 4.78 is 7.60. The Morgan fingerprint density at radius 1 is 1.21 bits per heavy atom. The van der Waals surface area contributed by atoms with Crippen molar-refractivity contribution >= 4 is 0 Å². The van der Waals surface area contributed by atoms with Gasteiger partial charge in [0.25, 0.3) is 0 Å². The van der Waals surface area contributed by atoms with Crippen LogP contribution in [0.25, 0.3) is 0 Å². The van der Waals surface area contributed by atoms with Crippen LogP contribution in [0.2, 0.25) is 0 Å². The molecule has 0 aliphatic rings. The van der Waals surface area contributed by atoms with Crippen molar-refractivity contribution in [2.75, 3.05) is 20.3 Å². The highest BCUT2D eigenvalue weighted by atomic mass is 16.5. The van der Waals surface area contributed by atoms with E-state index in [4.69, 9.17) is 9.84 Å². The van der Waals surface area contributed by atoms with Gasteiger partial charge in [-0.1, -0.05) is 20.8 Å². The quantitative estimate of drug-likeness (QED) is 0.699. The van der Waals surface area contributed by atoms with E-state index >= 15 is 0 Å². The van der Waals surface area contributed by atoms with Gasteiger partial charge < -0.3 is 10.1 Å². The zero-order chi connectivity index (χ0) is 14.3. The molecule has 0 spiro atoms. The lowest BCUT2D eigenvalue weighted by Crippen LogP contribution is -2.18. The van der Waals surface area contributed by atoms with Crippen LogP contribution in [0.15, 0.2) is 0 Å². The van der Waals surface area contributed by atoms with Crippen molar-refractivity contribution in [1.29, 1.82) is 0 Å². The number of ether oxygens (including phenoxy) is 1. The van der Waals surface area contributed by atoms with Crippen molar-refractivity contribution in [3.8, 4) is 0 Å². The minimum atomic E-state index is 0.408. The molecule has 0 fully saturated rings. The Morgan fingerprint density at radius 2 is 1.95 bits per heavy atom. The maximum Gasteiger partial charge on any atom is 0.0672 e. The molecule has 110 valence electrons. The highest BCUT2D eigenvalue weighted by Crippen LogP contribution is 2.25. The molecule has 0 aliphatic heterocycles. The van der Waals surface area contributed by atoms with E-state index in [1.165, 1.54) is 17.0 Å². The zero-order valence-electron chi connectivity index (χ0n) is 13.1. The summed E-state index contributed by atoms with van der Waals surface area (Å²) in [7, 11) is 2.03. The van der Waals surface area contributed by atoms with Gasteiger partial charge in [-0.15, -0.1) is 0 Å². The highest BCUT2D eigenvalue weighted by molar-refractivity contribution is 5.30. The Balaban J connectivity index is 3.05. The standard InChI is InChI=1S/C15H29N3O/c1-6-12(16-5)15-13(7-2)17-18(14(15)8-3)10-11-19-9-4/h12,16H,6-11H2,1-5H3. The third-order valence-electron chi connectivity index (χ3n) is 3.60. The molecule has 4 heteroatoms. The number of aryl methyl sites for hydroxylation is 1. The van der Waals surface area contributed by atoms with Gasteiger partial charge >= 0.3 is 0 Å². The van der Waals surface area contributed by atoms with Crippen LogP contribution in [-0.2, 0) is 24.1 Å². The molecular weight excluding hydrogens is 238 g/mol. The van der Waals surface area contributed by atoms with Gasteiger partial charge in [-0.2, -0.15) is 5.10 Å². The van der Waals surface area contributed by atoms with Crippen LogP contribution in [0.1, 0.15) is 57.1 Å². The molecule has 1 unspecified atom stereocenters. The van der Waals surface area contributed by atoms with E-state index in [9.17, 15) is 0 Å². The summed E-state index contributed by atoms with van der Waals surface area (Å²) >= 11 is 0. The van der Waals surface area contributed by atoms with Gasteiger partial charge in [-0.05, 0) is 33.2 Å². The van der Waals surface area contributed by atoms with Crippen LogP contribution in [0.3, 0.4) is 0 Å². The smallest absolute Gasteiger partial charge is 0.0672 e. The first kappa shape index (κ1) is 16.2. The molecule has 19 heavy (non-hydrogen) atoms. The zero-order valence-corrected chi connectivity index (χ0v) is 13.1. The molecule has 0 amide bonds. The van der Waals surface area contributed by atoms with Crippen molar-refractivity contribution < 1.29 is 4.74 Å². The summed E-state index contributed by atoms with van der Waals surface area (Å²) in [5, 5.41) is 8.20. The first-order chi connectivity index (χ1) is 9.23. The lowest BCUT2D eigenvalue weighted by Gasteiger charge is -2.16. The van der Waals surface area contributed by atoms with Gasteiger partial charge in [0, 0.05) is 23.9 Å². The third-order valence-corrected chi connectivity index (χ3v) is 3.60. The number of aromatic nitrogens is 2. The minimum Gasteiger partial charge on any atom is -0.380 e. The number of hydrogen-bond donors (Lipinski definition) is 1. The van der Waals surface area contributed by atoms with Gasteiger partial charge in [-0.3, -0.25) is 4.68 Å². The maximum atomic E-state index is 5.46. The second-order valence-electron chi connectivity index (χ2n) is 4.68. The average Bonchev–Trinajstić information content (AvgIpc) is 2.78. The SMILES string of the molecule is CCOCCn1nc(CC)c(C(CC)NC)c1CC. The second-order valence-corrected chi connectivity index (χ2v) is 4.68. The highest BCUT2D eigenvalue weighted by Gasteiger charge is 2.21. The van der Waals surface area contributed by atoms with Gasteiger partial charge in [0.05, 0.1) is 18.8 Å². The van der Waals surface area contributed by atoms with Crippen molar-refractivity contribution in [3.05, 3.63) is 17.0 Å². The summed E-state index contributed by atoms with van der Waals surface area (Å²) in [5.74, 6) is 0. The molecule has 1 N–H and O–H groups in total. The van der Waals surface area contributed by atoms with E-state index in [1.807, 2.05) is 14.0 Å². The molecule has 1 aromatic rings. The lowest BCUT2D eigenvalue weighted by atomic mass is 9.99. The lowest BCUT2D eigenvalue weighted by molar-refractivity contribution is 0.135. The number of rotatable bonds is 9. The van der Waals surface area contributed by atoms with Crippen molar-refractivity contribution in [2.24, 2.45) is 0 Å². The van der Waals surface area contributed by atoms with Gasteiger partial charge in [0.2, 0.25) is 0 Å². The summed E-state index contributed by atoms with van der Waals surface area (Å²) in [6.45, 7) is 11.0. The Kier molecular flexibility index (Phi) is 7.10. The number of nitrogens with one attached hydrogen (secondary N) is 1. The van der Waals surface area contributed by atoms with Gasteiger partial charge in [-0.25, -0.2) is 0 Å². The number of nitrogens with zero attached hydrogens (tertiary/aromatic N) is 2. The summed E-state index contributed by atoms with van der Waals surface area (Å²) in [6.07, 6.45) is 3.10. The number of hydrogen-bond acceptors (Lipinski definition) is 3. The molecule has 1 heterocycles. The fourth-order valence-corrected chi connectivity index (χ4v) is 2.63. The minimum absolute atomic E-state index is 0.408. The maximum absolute atomic E-state index is 5.46. The molecule has 0 bridgehead atoms. The van der Waals surface area contributed by atoms with Crippen LogP contribution < -0.4 is 5.32 Å². The molecule has 0 aromatic carbocycles. The Bertz CT molecular complexity index is 370. The molecule has 0 saturated heterocycles. The van der Waals surface area contributed by atoms with Crippen LogP contribution in [0.5, 0.6) is 0 Å². The van der Waals surface area contributed by atoms with Crippen molar-refractivity contribution in [3.63, 3.8) is 0 Å². The van der Waals surface area contributed by atoms with E-state index < -0.39 is 0 Å². The Labute approximate surface area is 117 Å². The molecule has 0 saturated carbocycles. The summed E-state index contributed by atoms with van der Waals surface area (Å²) in [4.78, 5) is 0. The third kappa shape index (κ3) is 3.80. The molecule has 1 aromatic heterocycles. The summed E-state index contributed by atoms with van der Waals surface area (Å²) in [6, 6.07) is 0.408. The van der Waals surface area contributed by atoms with Crippen LogP contribution in [0.4, 0.5) is 0 Å². The van der Waals surface area contributed by atoms with Gasteiger partial charge in [0.15, 0.2) is 0 Å². The second kappa shape index (κ2) is 8.33. The Hall–Kier alpha value is -0.870. The largest absolute Gasteiger partial charge is 0.380 e. The first-order valence-electron chi connectivity index (χ1n) is 7.56. The molecule has 1 atom stereocenters. The van der Waals surface area contributed by atoms with E-state index in [1.54, 1.807) is 0 Å². The fourth-order valence-electron chi connectivity index (χ4n) is 2.63. The van der Waals surface area contributed by atoms with Gasteiger partial charge in [0.1, 0.15) is 0 Å². The predicted octanol–water partition coefficient (Wildman–Crippen LogP) is 2.71. The average molecular weight is 267 g/mol. The van der Waals surface area contributed by atoms with Crippen LogP contribution in [-0.4, -0.2) is 30.0 Å². The van der Waals surface area contributed by atoms with Crippen molar-refractivity contribution in [1.82, 2.24) is 15.1 Å². The van der Waals surface area contributed by atoms with E-state index in [-0.39, 0.29) is 0 Å². The Morgan fingerprint density at radius 3 is 2.42 bits per heavy atom. The summed E-state index contributed by atoms with van der Waals surface area (Å²) in [5.41, 5.74) is 4.00. The molecule has 0 aliphatic carbocycles. The van der Waals surface area contributed by atoms with E-state index in [2.05, 4.69) is 30.8 Å². The van der Waals surface area contributed by atoms with Crippen LogP contribution >= 0.6 is 0 Å². The molecule has 4 nitrogen and oxygen atoms in total. The van der Waals surface area contributed by atoms with E-state index in [0.717, 1.165) is 39.0 Å². The monoisotopic (exact) mass is 267 g/mol. The molecule has 1 rings (SSSR count). The molecular formula is C15H29N3O. The van der Waals surface area contributed by atoms with E-state index in [0.29, 0.717) is 6.04 Å². The predicted molar refractivity (Wildman–Crippen MR) is 79.6 cm³/mol. The topological polar surface area (TPSA) is 39.1 Å². The normalized spacial score (nSPS) is 12.9. The molecule has 0 radical (unpaired) electrons.